The molecule has 1 atom stereocenters. The van der Waals surface area contributed by atoms with Crippen molar-refractivity contribution in [1.82, 2.24) is 14.9 Å². The molecule has 0 spiro atoms. The van der Waals surface area contributed by atoms with Gasteiger partial charge in [0.1, 0.15) is 23.0 Å². The first-order valence-electron chi connectivity index (χ1n) is 10.3. The van der Waals surface area contributed by atoms with Crippen LogP contribution in [0, 0.1) is 0 Å². The van der Waals surface area contributed by atoms with Crippen molar-refractivity contribution >= 4 is 33.3 Å². The van der Waals surface area contributed by atoms with Crippen LogP contribution >= 0.6 is 11.3 Å². The van der Waals surface area contributed by atoms with Crippen molar-refractivity contribution in [2.75, 3.05) is 31.1 Å². The standard InChI is InChI=1S/C24H23N5OS/c25-22(30)21(18-9-5-2-6-10-18)28-11-13-29(14-12-28)23-20-19(17-7-3-1-4-8-17)15-31-24(20)27-16-26-23/h1-10,15-16,21H,11-14H2,(H2,25,30). The maximum absolute atomic E-state index is 12.2. The first kappa shape index (κ1) is 19.7. The highest BCUT2D eigenvalue weighted by Gasteiger charge is 2.30. The zero-order chi connectivity index (χ0) is 21.2. The van der Waals surface area contributed by atoms with Crippen LogP contribution in [-0.2, 0) is 4.79 Å². The van der Waals surface area contributed by atoms with E-state index in [4.69, 9.17) is 5.73 Å². The number of aromatic nitrogens is 2. The smallest absolute Gasteiger partial charge is 0.239 e. The summed E-state index contributed by atoms with van der Waals surface area (Å²) in [7, 11) is 0. The van der Waals surface area contributed by atoms with Crippen LogP contribution in [0.5, 0.6) is 0 Å². The van der Waals surface area contributed by atoms with Gasteiger partial charge in [0.2, 0.25) is 5.91 Å². The second-order valence-electron chi connectivity index (χ2n) is 7.63. The maximum atomic E-state index is 12.2. The highest BCUT2D eigenvalue weighted by molar-refractivity contribution is 7.17. The van der Waals surface area contributed by atoms with E-state index in [9.17, 15) is 4.79 Å². The predicted octanol–water partition coefficient (Wildman–Crippen LogP) is 3.71. The molecule has 5 rings (SSSR count). The number of nitrogens with zero attached hydrogens (tertiary/aromatic N) is 4. The van der Waals surface area contributed by atoms with Crippen LogP contribution in [0.3, 0.4) is 0 Å². The van der Waals surface area contributed by atoms with E-state index in [1.807, 2.05) is 36.4 Å². The van der Waals surface area contributed by atoms with Gasteiger partial charge in [-0.15, -0.1) is 11.3 Å². The Labute approximate surface area is 185 Å². The van der Waals surface area contributed by atoms with Crippen LogP contribution < -0.4 is 10.6 Å². The number of carbonyl (C=O) groups is 1. The summed E-state index contributed by atoms with van der Waals surface area (Å²) < 4.78 is 0. The van der Waals surface area contributed by atoms with Gasteiger partial charge < -0.3 is 10.6 Å². The molecule has 2 aromatic heterocycles. The molecule has 1 aliphatic heterocycles. The van der Waals surface area contributed by atoms with Crippen molar-refractivity contribution in [2.45, 2.75) is 6.04 Å². The second kappa shape index (κ2) is 8.45. The largest absolute Gasteiger partial charge is 0.368 e. The molecule has 0 aliphatic carbocycles. The Kier molecular flexibility index (Phi) is 5.36. The molecule has 6 nitrogen and oxygen atoms in total. The number of carbonyl (C=O) groups excluding carboxylic acids is 1. The molecule has 1 fully saturated rings. The lowest BCUT2D eigenvalue weighted by Crippen LogP contribution is -2.50. The average molecular weight is 430 g/mol. The van der Waals surface area contributed by atoms with Crippen LogP contribution in [0.15, 0.2) is 72.4 Å². The molecule has 1 aliphatic rings. The quantitative estimate of drug-likeness (QED) is 0.523. The summed E-state index contributed by atoms with van der Waals surface area (Å²) in [5.41, 5.74) is 9.05. The van der Waals surface area contributed by atoms with Crippen LogP contribution in [0.1, 0.15) is 11.6 Å². The molecule has 1 saturated heterocycles. The Hall–Kier alpha value is -3.29. The van der Waals surface area contributed by atoms with Crippen molar-refractivity contribution in [2.24, 2.45) is 5.73 Å². The number of benzene rings is 2. The molecule has 1 amide bonds. The molecule has 0 bridgehead atoms. The van der Waals surface area contributed by atoms with Gasteiger partial charge in [-0.2, -0.15) is 0 Å². The SMILES string of the molecule is NC(=O)C(c1ccccc1)N1CCN(c2ncnc3scc(-c4ccccc4)c23)CC1. The van der Waals surface area contributed by atoms with Gasteiger partial charge in [-0.1, -0.05) is 60.7 Å². The van der Waals surface area contributed by atoms with E-state index in [2.05, 4.69) is 49.4 Å². The van der Waals surface area contributed by atoms with Crippen LogP contribution in [0.2, 0.25) is 0 Å². The van der Waals surface area contributed by atoms with E-state index < -0.39 is 6.04 Å². The van der Waals surface area contributed by atoms with Gasteiger partial charge >= 0.3 is 0 Å². The fourth-order valence-electron chi connectivity index (χ4n) is 4.31. The fraction of sp³-hybridized carbons (Fsp3) is 0.208. The van der Waals surface area contributed by atoms with E-state index in [-0.39, 0.29) is 5.91 Å². The Morgan fingerprint density at radius 3 is 2.29 bits per heavy atom. The molecular formula is C24H23N5OS. The summed E-state index contributed by atoms with van der Waals surface area (Å²) in [6.07, 6.45) is 1.64. The molecule has 1 unspecified atom stereocenters. The fourth-order valence-corrected chi connectivity index (χ4v) is 5.22. The summed E-state index contributed by atoms with van der Waals surface area (Å²) in [5.74, 6) is 0.647. The van der Waals surface area contributed by atoms with Gasteiger partial charge in [0, 0.05) is 37.1 Å². The third-order valence-electron chi connectivity index (χ3n) is 5.80. The minimum atomic E-state index is -0.408. The van der Waals surface area contributed by atoms with Gasteiger partial charge in [-0.05, 0) is 11.1 Å². The minimum Gasteiger partial charge on any atom is -0.368 e. The van der Waals surface area contributed by atoms with Crippen LogP contribution in [0.25, 0.3) is 21.3 Å². The van der Waals surface area contributed by atoms with Crippen molar-refractivity contribution in [3.8, 4) is 11.1 Å². The van der Waals surface area contributed by atoms with E-state index in [0.29, 0.717) is 0 Å². The van der Waals surface area contributed by atoms with Crippen LogP contribution in [0.4, 0.5) is 5.82 Å². The Balaban J connectivity index is 1.42. The molecular weight excluding hydrogens is 406 g/mol. The molecule has 4 aromatic rings. The molecule has 3 heterocycles. The zero-order valence-corrected chi connectivity index (χ0v) is 17.8. The Morgan fingerprint density at radius 1 is 0.935 bits per heavy atom. The van der Waals surface area contributed by atoms with Gasteiger partial charge in [-0.3, -0.25) is 9.69 Å². The molecule has 2 N–H and O–H groups in total. The van der Waals surface area contributed by atoms with Crippen LogP contribution in [-0.4, -0.2) is 47.0 Å². The topological polar surface area (TPSA) is 75.4 Å². The van der Waals surface area contributed by atoms with E-state index in [1.54, 1.807) is 17.7 Å². The number of hydrogen-bond donors (Lipinski definition) is 1. The third kappa shape index (κ3) is 3.78. The molecule has 7 heteroatoms. The number of anilines is 1. The monoisotopic (exact) mass is 429 g/mol. The lowest BCUT2D eigenvalue weighted by molar-refractivity contribution is -0.123. The van der Waals surface area contributed by atoms with E-state index in [0.717, 1.165) is 53.3 Å². The van der Waals surface area contributed by atoms with Gasteiger partial charge in [-0.25, -0.2) is 9.97 Å². The predicted molar refractivity (Wildman–Crippen MR) is 125 cm³/mol. The molecule has 2 aromatic carbocycles. The minimum absolute atomic E-state index is 0.312. The van der Waals surface area contributed by atoms with Gasteiger partial charge in [0.15, 0.2) is 0 Å². The van der Waals surface area contributed by atoms with Crippen molar-refractivity contribution < 1.29 is 4.79 Å². The number of thiophene rings is 1. The van der Waals surface area contributed by atoms with Crippen molar-refractivity contribution in [3.63, 3.8) is 0 Å². The summed E-state index contributed by atoms with van der Waals surface area (Å²) in [4.78, 5) is 26.9. The van der Waals surface area contributed by atoms with E-state index >= 15 is 0 Å². The maximum Gasteiger partial charge on any atom is 0.239 e. The average Bonchev–Trinajstić information content (AvgIpc) is 3.25. The summed E-state index contributed by atoms with van der Waals surface area (Å²) in [6, 6.07) is 19.7. The highest BCUT2D eigenvalue weighted by atomic mass is 32.1. The van der Waals surface area contributed by atoms with Crippen molar-refractivity contribution in [3.05, 3.63) is 77.9 Å². The summed E-state index contributed by atoms with van der Waals surface area (Å²) >= 11 is 1.64. The molecule has 0 saturated carbocycles. The number of piperazine rings is 1. The van der Waals surface area contributed by atoms with Crippen molar-refractivity contribution in [1.29, 1.82) is 0 Å². The van der Waals surface area contributed by atoms with Gasteiger partial charge in [0.05, 0.1) is 5.39 Å². The second-order valence-corrected chi connectivity index (χ2v) is 8.49. The lowest BCUT2D eigenvalue weighted by Gasteiger charge is -2.39. The summed E-state index contributed by atoms with van der Waals surface area (Å²) in [5, 5.41) is 3.26. The normalized spacial score (nSPS) is 15.8. The molecule has 156 valence electrons. The first-order chi connectivity index (χ1) is 15.2. The number of hydrogen-bond acceptors (Lipinski definition) is 6. The first-order valence-corrected chi connectivity index (χ1v) is 11.2. The Morgan fingerprint density at radius 2 is 1.61 bits per heavy atom. The molecule has 0 radical (unpaired) electrons. The highest BCUT2D eigenvalue weighted by Crippen LogP contribution is 2.38. The van der Waals surface area contributed by atoms with E-state index in [1.165, 1.54) is 5.56 Å². The zero-order valence-electron chi connectivity index (χ0n) is 17.0. The number of nitrogens with two attached hydrogens (primary N) is 1. The molecule has 31 heavy (non-hydrogen) atoms. The Bertz CT molecular complexity index is 1190. The summed E-state index contributed by atoms with van der Waals surface area (Å²) in [6.45, 7) is 3.01. The van der Waals surface area contributed by atoms with Gasteiger partial charge in [0.25, 0.3) is 0 Å². The number of amides is 1. The number of rotatable bonds is 5. The lowest BCUT2D eigenvalue weighted by atomic mass is 10.0. The third-order valence-corrected chi connectivity index (χ3v) is 6.69. The number of fused-ring (bicyclic) bond motifs is 1. The number of primary amides is 1.